The molecule has 2 N–H and O–H groups in total. The van der Waals surface area contributed by atoms with Crippen LogP contribution in [0.3, 0.4) is 0 Å². The molecule has 1 rings (SSSR count). The van der Waals surface area contributed by atoms with E-state index in [1.807, 2.05) is 0 Å². The summed E-state index contributed by atoms with van der Waals surface area (Å²) in [5.74, 6) is -0.180. The van der Waals surface area contributed by atoms with Gasteiger partial charge in [0.25, 0.3) is 5.91 Å². The van der Waals surface area contributed by atoms with Gasteiger partial charge in [0.1, 0.15) is 5.76 Å². The van der Waals surface area contributed by atoms with Crippen LogP contribution in [0.1, 0.15) is 41.6 Å². The zero-order valence-electron chi connectivity index (χ0n) is 10.2. The van der Waals surface area contributed by atoms with Crippen LogP contribution < -0.4 is 5.32 Å². The predicted octanol–water partition coefficient (Wildman–Crippen LogP) is 1.88. The molecule has 17 heavy (non-hydrogen) atoms. The lowest BCUT2D eigenvalue weighted by molar-refractivity contribution is -0.137. The second-order valence-corrected chi connectivity index (χ2v) is 4.18. The van der Waals surface area contributed by atoms with Crippen LogP contribution in [-0.4, -0.2) is 23.0 Å². The maximum absolute atomic E-state index is 11.8. The predicted molar refractivity (Wildman–Crippen MR) is 62.0 cm³/mol. The second-order valence-electron chi connectivity index (χ2n) is 4.18. The van der Waals surface area contributed by atoms with Gasteiger partial charge in [-0.2, -0.15) is 0 Å². The summed E-state index contributed by atoms with van der Waals surface area (Å²) in [6.45, 7) is 5.34. The van der Waals surface area contributed by atoms with Gasteiger partial charge in [0, 0.05) is 18.0 Å². The molecule has 94 valence electrons. The van der Waals surface area contributed by atoms with Gasteiger partial charge >= 0.3 is 5.97 Å². The van der Waals surface area contributed by atoms with Crippen LogP contribution in [0, 0.1) is 13.8 Å². The van der Waals surface area contributed by atoms with Crippen molar-refractivity contribution in [1.82, 2.24) is 5.32 Å². The van der Waals surface area contributed by atoms with Crippen molar-refractivity contribution in [2.45, 2.75) is 39.7 Å². The van der Waals surface area contributed by atoms with Crippen molar-refractivity contribution in [1.29, 1.82) is 0 Å². The number of carboxylic acids is 1. The van der Waals surface area contributed by atoms with E-state index in [0.717, 1.165) is 5.56 Å². The van der Waals surface area contributed by atoms with Crippen LogP contribution >= 0.6 is 0 Å². The monoisotopic (exact) mass is 239 g/mol. The number of rotatable bonds is 5. The second kappa shape index (κ2) is 5.52. The molecular weight excluding hydrogens is 222 g/mol. The molecule has 0 saturated carbocycles. The number of carboxylic acid groups (broad SMARTS) is 1. The molecule has 1 aromatic heterocycles. The van der Waals surface area contributed by atoms with Gasteiger partial charge in [-0.15, -0.1) is 0 Å². The highest BCUT2D eigenvalue weighted by molar-refractivity contribution is 5.93. The average molecular weight is 239 g/mol. The molecule has 0 saturated heterocycles. The van der Waals surface area contributed by atoms with Gasteiger partial charge in [-0.05, 0) is 33.3 Å². The molecule has 1 aromatic rings. The zero-order valence-corrected chi connectivity index (χ0v) is 10.2. The first-order chi connectivity index (χ1) is 7.90. The van der Waals surface area contributed by atoms with E-state index in [9.17, 15) is 9.59 Å². The number of carbonyl (C=O) groups is 2. The van der Waals surface area contributed by atoms with Crippen molar-refractivity contribution in [3.05, 3.63) is 23.2 Å². The molecule has 0 spiro atoms. The SMILES string of the molecule is Cc1cc(C)c(C(=O)NC(C)CCC(=O)O)o1. The highest BCUT2D eigenvalue weighted by Crippen LogP contribution is 2.13. The summed E-state index contributed by atoms with van der Waals surface area (Å²) in [5.41, 5.74) is 0.783. The van der Waals surface area contributed by atoms with E-state index in [2.05, 4.69) is 5.32 Å². The molecule has 0 aromatic carbocycles. The molecule has 1 heterocycles. The van der Waals surface area contributed by atoms with Crippen molar-refractivity contribution in [3.63, 3.8) is 0 Å². The molecule has 0 aliphatic carbocycles. The van der Waals surface area contributed by atoms with Crippen LogP contribution in [0.4, 0.5) is 0 Å². The van der Waals surface area contributed by atoms with Gasteiger partial charge in [-0.3, -0.25) is 9.59 Å². The fourth-order valence-corrected chi connectivity index (χ4v) is 1.57. The largest absolute Gasteiger partial charge is 0.481 e. The van der Waals surface area contributed by atoms with Gasteiger partial charge in [0.05, 0.1) is 0 Å². The summed E-state index contributed by atoms with van der Waals surface area (Å²) >= 11 is 0. The standard InChI is InChI=1S/C12H17NO4/c1-7-6-9(3)17-11(7)12(16)13-8(2)4-5-10(14)15/h6,8H,4-5H2,1-3H3,(H,13,16)(H,14,15). The lowest BCUT2D eigenvalue weighted by Crippen LogP contribution is -2.33. The number of aryl methyl sites for hydroxylation is 2. The Hall–Kier alpha value is -1.78. The molecule has 0 bridgehead atoms. The van der Waals surface area contributed by atoms with Crippen molar-refractivity contribution in [2.75, 3.05) is 0 Å². The number of furan rings is 1. The fourth-order valence-electron chi connectivity index (χ4n) is 1.57. The van der Waals surface area contributed by atoms with Gasteiger partial charge in [-0.1, -0.05) is 0 Å². The number of nitrogens with one attached hydrogen (secondary N) is 1. The first-order valence-electron chi connectivity index (χ1n) is 5.50. The Morgan fingerprint density at radius 1 is 1.47 bits per heavy atom. The van der Waals surface area contributed by atoms with Crippen LogP contribution in [0.2, 0.25) is 0 Å². The molecule has 0 fully saturated rings. The quantitative estimate of drug-likeness (QED) is 0.822. The first-order valence-corrected chi connectivity index (χ1v) is 5.50. The van der Waals surface area contributed by atoms with Crippen LogP contribution in [0.5, 0.6) is 0 Å². The third-order valence-corrected chi connectivity index (χ3v) is 2.42. The van der Waals surface area contributed by atoms with Crippen molar-refractivity contribution >= 4 is 11.9 Å². The van der Waals surface area contributed by atoms with E-state index in [-0.39, 0.29) is 18.4 Å². The van der Waals surface area contributed by atoms with Crippen LogP contribution in [0.25, 0.3) is 0 Å². The van der Waals surface area contributed by atoms with E-state index in [1.165, 1.54) is 0 Å². The number of aliphatic carboxylic acids is 1. The van der Waals surface area contributed by atoms with Crippen molar-refractivity contribution in [3.8, 4) is 0 Å². The summed E-state index contributed by atoms with van der Waals surface area (Å²) in [6, 6.07) is 1.60. The van der Waals surface area contributed by atoms with Crippen molar-refractivity contribution < 1.29 is 19.1 Å². The Balaban J connectivity index is 2.54. The molecular formula is C12H17NO4. The summed E-state index contributed by atoms with van der Waals surface area (Å²) in [6.07, 6.45) is 0.442. The number of hydrogen-bond acceptors (Lipinski definition) is 3. The Labute approximate surface area is 99.8 Å². The summed E-state index contributed by atoms with van der Waals surface area (Å²) in [4.78, 5) is 22.2. The molecule has 0 aliphatic rings. The number of hydrogen-bond donors (Lipinski definition) is 2. The van der Waals surface area contributed by atoms with E-state index in [1.54, 1.807) is 26.8 Å². The molecule has 1 atom stereocenters. The first kappa shape index (κ1) is 13.3. The molecule has 1 unspecified atom stereocenters. The van der Waals surface area contributed by atoms with E-state index in [4.69, 9.17) is 9.52 Å². The van der Waals surface area contributed by atoms with Gasteiger partial charge in [-0.25, -0.2) is 0 Å². The Kier molecular flexibility index (Phi) is 4.31. The Bertz CT molecular complexity index is 422. The smallest absolute Gasteiger partial charge is 0.303 e. The number of carbonyl (C=O) groups excluding carboxylic acids is 1. The van der Waals surface area contributed by atoms with E-state index < -0.39 is 5.97 Å². The summed E-state index contributed by atoms with van der Waals surface area (Å²) in [5, 5.41) is 11.2. The minimum atomic E-state index is -0.865. The summed E-state index contributed by atoms with van der Waals surface area (Å²) < 4.78 is 5.27. The maximum atomic E-state index is 11.8. The lowest BCUT2D eigenvalue weighted by atomic mass is 10.1. The minimum Gasteiger partial charge on any atom is -0.481 e. The highest BCUT2D eigenvalue weighted by Gasteiger charge is 2.16. The fraction of sp³-hybridized carbons (Fsp3) is 0.500. The molecule has 1 amide bonds. The molecule has 0 radical (unpaired) electrons. The van der Waals surface area contributed by atoms with Crippen molar-refractivity contribution in [2.24, 2.45) is 0 Å². The topological polar surface area (TPSA) is 79.5 Å². The third kappa shape index (κ3) is 3.94. The van der Waals surface area contributed by atoms with Crippen LogP contribution in [-0.2, 0) is 4.79 Å². The Morgan fingerprint density at radius 3 is 2.59 bits per heavy atom. The normalized spacial score (nSPS) is 12.2. The minimum absolute atomic E-state index is 0.0393. The van der Waals surface area contributed by atoms with E-state index in [0.29, 0.717) is 17.9 Å². The summed E-state index contributed by atoms with van der Waals surface area (Å²) in [7, 11) is 0. The number of amides is 1. The maximum Gasteiger partial charge on any atom is 0.303 e. The average Bonchev–Trinajstić information content (AvgIpc) is 2.55. The van der Waals surface area contributed by atoms with Gasteiger partial charge in [0.15, 0.2) is 5.76 Å². The molecule has 5 heteroatoms. The third-order valence-electron chi connectivity index (χ3n) is 2.42. The zero-order chi connectivity index (χ0) is 13.0. The highest BCUT2D eigenvalue weighted by atomic mass is 16.4. The Morgan fingerprint density at radius 2 is 2.12 bits per heavy atom. The van der Waals surface area contributed by atoms with Crippen LogP contribution in [0.15, 0.2) is 10.5 Å². The molecule has 0 aliphatic heterocycles. The lowest BCUT2D eigenvalue weighted by Gasteiger charge is -2.11. The van der Waals surface area contributed by atoms with Gasteiger partial charge in [0.2, 0.25) is 0 Å². The van der Waals surface area contributed by atoms with Gasteiger partial charge < -0.3 is 14.8 Å². The molecule has 5 nitrogen and oxygen atoms in total. The van der Waals surface area contributed by atoms with E-state index >= 15 is 0 Å².